The first-order valence-electron chi connectivity index (χ1n) is 8.91. The van der Waals surface area contributed by atoms with Gasteiger partial charge >= 0.3 is 5.97 Å². The Hall–Kier alpha value is -2.99. The molecule has 1 heterocycles. The van der Waals surface area contributed by atoms with Gasteiger partial charge in [0.25, 0.3) is 0 Å². The van der Waals surface area contributed by atoms with Crippen LogP contribution in [0.1, 0.15) is 39.7 Å². The molecule has 0 aliphatic rings. The number of amides is 1. The van der Waals surface area contributed by atoms with Crippen molar-refractivity contribution in [3.63, 3.8) is 0 Å². The van der Waals surface area contributed by atoms with Crippen LogP contribution in [0.5, 0.6) is 0 Å². The van der Waals surface area contributed by atoms with Crippen LogP contribution in [0.15, 0.2) is 47.8 Å². The lowest BCUT2D eigenvalue weighted by molar-refractivity contribution is -0.115. The van der Waals surface area contributed by atoms with Crippen molar-refractivity contribution in [3.05, 3.63) is 75.8 Å². The van der Waals surface area contributed by atoms with Gasteiger partial charge in [0.05, 0.1) is 16.9 Å². The van der Waals surface area contributed by atoms with E-state index in [1.54, 1.807) is 22.4 Å². The van der Waals surface area contributed by atoms with Gasteiger partial charge in [0.2, 0.25) is 5.91 Å². The normalized spacial score (nSPS) is 10.6. The van der Waals surface area contributed by atoms with Gasteiger partial charge < -0.3 is 4.74 Å². The predicted octanol–water partition coefficient (Wildman–Crippen LogP) is 5.11. The quantitative estimate of drug-likeness (QED) is 0.564. The summed E-state index contributed by atoms with van der Waals surface area (Å²) >= 11 is 1.35. The van der Waals surface area contributed by atoms with Crippen LogP contribution in [0.4, 0.5) is 10.8 Å². The molecule has 3 rings (SSSR count). The van der Waals surface area contributed by atoms with Crippen molar-refractivity contribution in [3.8, 4) is 0 Å². The van der Waals surface area contributed by atoms with Crippen molar-refractivity contribution >= 4 is 34.0 Å². The molecule has 0 radical (unpaired) electrons. The van der Waals surface area contributed by atoms with Crippen LogP contribution in [0.2, 0.25) is 0 Å². The van der Waals surface area contributed by atoms with Crippen molar-refractivity contribution < 1.29 is 14.3 Å². The van der Waals surface area contributed by atoms with E-state index in [4.69, 9.17) is 4.74 Å². The van der Waals surface area contributed by atoms with Crippen molar-refractivity contribution in [1.82, 2.24) is 4.98 Å². The first kappa shape index (κ1) is 19.8. The number of ether oxygens (including phenoxy) is 1. The highest BCUT2D eigenvalue weighted by Gasteiger charge is 2.20. The molecule has 28 heavy (non-hydrogen) atoms. The van der Waals surface area contributed by atoms with Crippen LogP contribution in [-0.4, -0.2) is 16.9 Å². The van der Waals surface area contributed by atoms with E-state index in [-0.39, 0.29) is 12.5 Å². The van der Waals surface area contributed by atoms with Gasteiger partial charge in [-0.05, 0) is 44.5 Å². The predicted molar refractivity (Wildman–Crippen MR) is 111 cm³/mol. The summed E-state index contributed by atoms with van der Waals surface area (Å²) < 4.78 is 5.37. The van der Waals surface area contributed by atoms with Crippen LogP contribution in [0, 0.1) is 20.8 Å². The summed E-state index contributed by atoms with van der Waals surface area (Å²) in [6, 6.07) is 13.2. The van der Waals surface area contributed by atoms with Gasteiger partial charge in [-0.3, -0.25) is 9.69 Å². The summed E-state index contributed by atoms with van der Waals surface area (Å²) in [4.78, 5) is 30.6. The molecule has 5 nitrogen and oxygen atoms in total. The van der Waals surface area contributed by atoms with Gasteiger partial charge in [0.1, 0.15) is 6.61 Å². The zero-order valence-electron chi connectivity index (χ0n) is 16.4. The molecular weight excluding hydrogens is 372 g/mol. The molecule has 0 saturated heterocycles. The Morgan fingerprint density at radius 1 is 1.07 bits per heavy atom. The maximum atomic E-state index is 12.3. The van der Waals surface area contributed by atoms with Crippen molar-refractivity contribution in [2.75, 3.05) is 4.90 Å². The second-order valence-electron chi connectivity index (χ2n) is 6.71. The summed E-state index contributed by atoms with van der Waals surface area (Å²) in [6.45, 7) is 7.47. The van der Waals surface area contributed by atoms with E-state index in [0.717, 1.165) is 22.4 Å². The van der Waals surface area contributed by atoms with Crippen LogP contribution >= 0.6 is 11.3 Å². The fraction of sp³-hybridized carbons (Fsp3) is 0.227. The minimum absolute atomic E-state index is 0.0574. The molecule has 1 amide bonds. The molecule has 2 aromatic carbocycles. The third-order valence-electron chi connectivity index (χ3n) is 4.24. The molecular formula is C22H22N2O3S. The summed E-state index contributed by atoms with van der Waals surface area (Å²) in [5, 5.41) is 2.36. The molecule has 0 N–H and O–H groups in total. The number of carbonyl (C=O) groups is 2. The van der Waals surface area contributed by atoms with E-state index in [2.05, 4.69) is 4.98 Å². The highest BCUT2D eigenvalue weighted by Crippen LogP contribution is 2.31. The molecule has 0 aliphatic carbocycles. The van der Waals surface area contributed by atoms with Crippen molar-refractivity contribution in [1.29, 1.82) is 0 Å². The zero-order chi connectivity index (χ0) is 20.3. The van der Waals surface area contributed by atoms with E-state index < -0.39 is 5.97 Å². The molecule has 0 fully saturated rings. The van der Waals surface area contributed by atoms with Crippen LogP contribution in [0.25, 0.3) is 0 Å². The van der Waals surface area contributed by atoms with E-state index in [1.807, 2.05) is 51.1 Å². The molecule has 144 valence electrons. The molecule has 0 bridgehead atoms. The lowest BCUT2D eigenvalue weighted by atomic mass is 10.1. The summed E-state index contributed by atoms with van der Waals surface area (Å²) in [6.07, 6.45) is 0. The first-order valence-corrected chi connectivity index (χ1v) is 9.79. The van der Waals surface area contributed by atoms with Gasteiger partial charge in [-0.15, -0.1) is 11.3 Å². The zero-order valence-corrected chi connectivity index (χ0v) is 17.2. The van der Waals surface area contributed by atoms with E-state index in [0.29, 0.717) is 16.4 Å². The van der Waals surface area contributed by atoms with Gasteiger partial charge in [-0.1, -0.05) is 35.4 Å². The monoisotopic (exact) mass is 394 g/mol. The molecule has 1 aromatic heterocycles. The smallest absolute Gasteiger partial charge is 0.338 e. The van der Waals surface area contributed by atoms with Crippen LogP contribution < -0.4 is 4.90 Å². The summed E-state index contributed by atoms with van der Waals surface area (Å²) in [5.41, 5.74) is 5.05. The fourth-order valence-electron chi connectivity index (χ4n) is 2.92. The average molecular weight is 394 g/mol. The maximum Gasteiger partial charge on any atom is 0.338 e. The Balaban J connectivity index is 1.76. The Kier molecular flexibility index (Phi) is 5.90. The Morgan fingerprint density at radius 3 is 2.50 bits per heavy atom. The van der Waals surface area contributed by atoms with Crippen LogP contribution in [0.3, 0.4) is 0 Å². The lowest BCUT2D eigenvalue weighted by Crippen LogP contribution is -2.23. The molecule has 0 saturated carbocycles. The number of aromatic nitrogens is 1. The number of benzene rings is 2. The van der Waals surface area contributed by atoms with E-state index in [9.17, 15) is 9.59 Å². The molecule has 0 atom stereocenters. The largest absolute Gasteiger partial charge is 0.456 e. The highest BCUT2D eigenvalue weighted by molar-refractivity contribution is 7.14. The molecule has 3 aromatic rings. The molecule has 0 unspecified atom stereocenters. The van der Waals surface area contributed by atoms with Crippen molar-refractivity contribution in [2.24, 2.45) is 0 Å². The third kappa shape index (κ3) is 4.46. The maximum absolute atomic E-state index is 12.3. The number of hydrogen-bond donors (Lipinski definition) is 0. The first-order chi connectivity index (χ1) is 13.3. The van der Waals surface area contributed by atoms with Gasteiger partial charge in [0, 0.05) is 12.3 Å². The summed E-state index contributed by atoms with van der Waals surface area (Å²) in [5.74, 6) is -0.513. The van der Waals surface area contributed by atoms with E-state index in [1.165, 1.54) is 18.3 Å². The van der Waals surface area contributed by atoms with Gasteiger partial charge in [-0.2, -0.15) is 0 Å². The molecule has 6 heteroatoms. The Labute approximate surface area is 168 Å². The average Bonchev–Trinajstić information content (AvgIpc) is 3.10. The lowest BCUT2D eigenvalue weighted by Gasteiger charge is -2.20. The minimum Gasteiger partial charge on any atom is -0.456 e. The standard InChI is InChI=1S/C22H22N2O3S/c1-14-6-5-7-18(11-14)21(26)27-12-19-13-28-22(23-19)24(17(4)25)20-9-8-15(2)10-16(20)3/h5-11,13H,12H2,1-4H3. The third-order valence-corrected chi connectivity index (χ3v) is 5.12. The second-order valence-corrected chi connectivity index (χ2v) is 7.55. The van der Waals surface area contributed by atoms with E-state index >= 15 is 0 Å². The number of nitrogens with zero attached hydrogens (tertiary/aromatic N) is 2. The Morgan fingerprint density at radius 2 is 1.82 bits per heavy atom. The molecule has 0 aliphatic heterocycles. The number of anilines is 2. The number of thiazole rings is 1. The minimum atomic E-state index is -0.393. The van der Waals surface area contributed by atoms with Crippen molar-refractivity contribution in [2.45, 2.75) is 34.3 Å². The second kappa shape index (κ2) is 8.35. The summed E-state index contributed by atoms with van der Waals surface area (Å²) in [7, 11) is 0. The van der Waals surface area contributed by atoms with Crippen LogP contribution in [-0.2, 0) is 16.1 Å². The SMILES string of the molecule is CC(=O)N(c1nc(COC(=O)c2cccc(C)c2)cs1)c1ccc(C)cc1C. The topological polar surface area (TPSA) is 59.5 Å². The van der Waals surface area contributed by atoms with Gasteiger partial charge in [0.15, 0.2) is 5.13 Å². The van der Waals surface area contributed by atoms with Gasteiger partial charge in [-0.25, -0.2) is 9.78 Å². The highest BCUT2D eigenvalue weighted by atomic mass is 32.1. The number of hydrogen-bond acceptors (Lipinski definition) is 5. The fourth-order valence-corrected chi connectivity index (χ4v) is 3.79. The number of aryl methyl sites for hydroxylation is 3. The number of esters is 1. The Bertz CT molecular complexity index is 1030. The number of rotatable bonds is 5. The number of carbonyl (C=O) groups excluding carboxylic acids is 2. The molecule has 0 spiro atoms.